The highest BCUT2D eigenvalue weighted by Gasteiger charge is 2.16. The summed E-state index contributed by atoms with van der Waals surface area (Å²) in [5.74, 6) is 0. The van der Waals surface area contributed by atoms with Crippen LogP contribution in [0.3, 0.4) is 0 Å². The van der Waals surface area contributed by atoms with E-state index in [1.54, 1.807) is 12.3 Å². The Labute approximate surface area is 94.8 Å². The maximum atomic E-state index is 11.2. The number of rotatable bonds is 1. The van der Waals surface area contributed by atoms with Crippen LogP contribution in [0.5, 0.6) is 0 Å². The summed E-state index contributed by atoms with van der Waals surface area (Å²) in [5.41, 5.74) is -0.464. The van der Waals surface area contributed by atoms with Crippen LogP contribution in [0.15, 0.2) is 12.3 Å². The highest BCUT2D eigenvalue weighted by molar-refractivity contribution is 7.10. The molecule has 1 heterocycles. The molecule has 15 heavy (non-hydrogen) atoms. The van der Waals surface area contributed by atoms with E-state index in [1.807, 2.05) is 34.6 Å². The van der Waals surface area contributed by atoms with Crippen LogP contribution in [0.4, 0.5) is 9.80 Å². The third-order valence-corrected chi connectivity index (χ3v) is 1.72. The lowest BCUT2D eigenvalue weighted by Gasteiger charge is -2.19. The van der Waals surface area contributed by atoms with Crippen molar-refractivity contribution in [2.75, 3.05) is 5.32 Å². The van der Waals surface area contributed by atoms with Crippen LogP contribution in [0.2, 0.25) is 0 Å². The van der Waals surface area contributed by atoms with Crippen molar-refractivity contribution in [2.24, 2.45) is 0 Å². The second-order valence-corrected chi connectivity index (χ2v) is 4.34. The Morgan fingerprint density at radius 2 is 2.07 bits per heavy atom. The Bertz CT molecular complexity index is 278. The van der Waals surface area contributed by atoms with Crippen LogP contribution in [0, 0.1) is 0 Å². The highest BCUT2D eigenvalue weighted by Crippen LogP contribution is 2.14. The average Bonchev–Trinajstić information content (AvgIpc) is 2.57. The Kier molecular flexibility index (Phi) is 5.93. The van der Waals surface area contributed by atoms with Crippen LogP contribution >= 0.6 is 11.5 Å². The minimum absolute atomic E-state index is 0.447. The van der Waals surface area contributed by atoms with E-state index in [-0.39, 0.29) is 0 Å². The van der Waals surface area contributed by atoms with Crippen molar-refractivity contribution < 1.29 is 9.53 Å². The Morgan fingerprint density at radius 3 is 2.47 bits per heavy atom. The molecule has 4 nitrogen and oxygen atoms in total. The number of carbonyl (C=O) groups excluding carboxylic acids is 1. The molecule has 0 spiro atoms. The van der Waals surface area contributed by atoms with Crippen molar-refractivity contribution >= 4 is 22.6 Å². The maximum absolute atomic E-state index is 11.2. The number of ether oxygens (including phenoxy) is 1. The summed E-state index contributed by atoms with van der Waals surface area (Å²) in [6.07, 6.45) is 1.17. The van der Waals surface area contributed by atoms with Gasteiger partial charge in [-0.1, -0.05) is 13.8 Å². The minimum atomic E-state index is -0.464. The van der Waals surface area contributed by atoms with Gasteiger partial charge in [-0.15, -0.1) is 0 Å². The van der Waals surface area contributed by atoms with Gasteiger partial charge in [-0.05, 0) is 38.4 Å². The first kappa shape index (κ1) is 13.9. The van der Waals surface area contributed by atoms with E-state index < -0.39 is 11.7 Å². The molecular weight excluding hydrogens is 212 g/mol. The molecule has 0 fully saturated rings. The van der Waals surface area contributed by atoms with Crippen LogP contribution < -0.4 is 5.32 Å². The molecule has 0 bridgehead atoms. The average molecular weight is 230 g/mol. The predicted molar refractivity (Wildman–Crippen MR) is 63.3 cm³/mol. The largest absolute Gasteiger partial charge is 0.444 e. The zero-order valence-corrected chi connectivity index (χ0v) is 10.6. The summed E-state index contributed by atoms with van der Waals surface area (Å²) >= 11 is 1.22. The molecule has 1 rings (SSSR count). The van der Waals surface area contributed by atoms with Crippen molar-refractivity contribution in [3.63, 3.8) is 0 Å². The first-order valence-electron chi connectivity index (χ1n) is 4.88. The SMILES string of the molecule is CC.CC(C)(C)OC(=O)Nc1ccns1. The number of nitrogens with one attached hydrogen (secondary N) is 1. The van der Waals surface area contributed by atoms with Gasteiger partial charge in [0.05, 0.1) is 0 Å². The monoisotopic (exact) mass is 230 g/mol. The fraction of sp³-hybridized carbons (Fsp3) is 0.600. The Hall–Kier alpha value is -1.10. The third-order valence-electron chi connectivity index (χ3n) is 1.06. The summed E-state index contributed by atoms with van der Waals surface area (Å²) in [4.78, 5) is 11.2. The summed E-state index contributed by atoms with van der Waals surface area (Å²) < 4.78 is 8.88. The third kappa shape index (κ3) is 6.90. The lowest BCUT2D eigenvalue weighted by atomic mass is 10.2. The van der Waals surface area contributed by atoms with Crippen molar-refractivity contribution in [3.05, 3.63) is 12.3 Å². The van der Waals surface area contributed by atoms with Gasteiger partial charge < -0.3 is 4.74 Å². The van der Waals surface area contributed by atoms with E-state index in [0.29, 0.717) is 5.00 Å². The first-order chi connectivity index (χ1) is 6.97. The molecule has 1 aromatic heterocycles. The molecule has 5 heteroatoms. The molecule has 86 valence electrons. The van der Waals surface area contributed by atoms with Crippen LogP contribution in [-0.4, -0.2) is 16.1 Å². The van der Waals surface area contributed by atoms with Gasteiger partial charge in [-0.3, -0.25) is 5.32 Å². The molecule has 0 saturated carbocycles. The van der Waals surface area contributed by atoms with E-state index in [2.05, 4.69) is 9.69 Å². The Morgan fingerprint density at radius 1 is 1.47 bits per heavy atom. The number of aromatic nitrogens is 1. The van der Waals surface area contributed by atoms with Crippen molar-refractivity contribution in [1.82, 2.24) is 4.37 Å². The van der Waals surface area contributed by atoms with Crippen LogP contribution in [0.25, 0.3) is 0 Å². The number of amides is 1. The number of hydrogen-bond donors (Lipinski definition) is 1. The minimum Gasteiger partial charge on any atom is -0.444 e. The highest BCUT2D eigenvalue weighted by atomic mass is 32.1. The number of hydrogen-bond acceptors (Lipinski definition) is 4. The molecule has 0 unspecified atom stereocenters. The van der Waals surface area contributed by atoms with E-state index >= 15 is 0 Å². The zero-order valence-electron chi connectivity index (χ0n) is 9.83. The van der Waals surface area contributed by atoms with Crippen molar-refractivity contribution in [3.8, 4) is 0 Å². The number of carbonyl (C=O) groups is 1. The summed E-state index contributed by atoms with van der Waals surface area (Å²) in [6.45, 7) is 9.46. The molecule has 0 aliphatic carbocycles. The van der Waals surface area contributed by atoms with E-state index in [1.165, 1.54) is 11.5 Å². The van der Waals surface area contributed by atoms with Gasteiger partial charge in [-0.2, -0.15) is 4.37 Å². The fourth-order valence-corrected chi connectivity index (χ4v) is 1.17. The smallest absolute Gasteiger partial charge is 0.412 e. The number of nitrogens with zero attached hydrogens (tertiary/aromatic N) is 1. The van der Waals surface area contributed by atoms with Gasteiger partial charge in [0.15, 0.2) is 0 Å². The Balaban J connectivity index is 0.000000921. The molecule has 0 saturated heterocycles. The van der Waals surface area contributed by atoms with Crippen molar-refractivity contribution in [2.45, 2.75) is 40.2 Å². The molecule has 1 amide bonds. The molecular formula is C10H18N2O2S. The lowest BCUT2D eigenvalue weighted by molar-refractivity contribution is 0.0636. The van der Waals surface area contributed by atoms with Gasteiger partial charge in [0.1, 0.15) is 10.6 Å². The van der Waals surface area contributed by atoms with Gasteiger partial charge >= 0.3 is 6.09 Å². The fourth-order valence-electron chi connectivity index (χ4n) is 0.684. The molecule has 0 aromatic carbocycles. The molecule has 0 aliphatic heterocycles. The molecule has 1 aromatic rings. The predicted octanol–water partition coefficient (Wildman–Crippen LogP) is 3.52. The van der Waals surface area contributed by atoms with Crippen molar-refractivity contribution in [1.29, 1.82) is 0 Å². The summed E-state index contributed by atoms with van der Waals surface area (Å²) in [6, 6.07) is 1.72. The maximum Gasteiger partial charge on any atom is 0.412 e. The normalized spacial score (nSPS) is 9.93. The van der Waals surface area contributed by atoms with Crippen LogP contribution in [-0.2, 0) is 4.74 Å². The van der Waals surface area contributed by atoms with Crippen LogP contribution in [0.1, 0.15) is 34.6 Å². The van der Waals surface area contributed by atoms with E-state index in [0.717, 1.165) is 0 Å². The molecule has 0 atom stereocenters. The standard InChI is InChI=1S/C8H12N2O2S.C2H6/c1-8(2,3)12-7(11)10-6-4-5-9-13-6;1-2/h4-5H,1-3H3,(H,10,11);1-2H3. The van der Waals surface area contributed by atoms with Gasteiger partial charge in [0, 0.05) is 6.20 Å². The van der Waals surface area contributed by atoms with Gasteiger partial charge in [0.2, 0.25) is 0 Å². The lowest BCUT2D eigenvalue weighted by Crippen LogP contribution is -2.26. The van der Waals surface area contributed by atoms with E-state index in [4.69, 9.17) is 4.74 Å². The topological polar surface area (TPSA) is 51.2 Å². The quantitative estimate of drug-likeness (QED) is 0.803. The van der Waals surface area contributed by atoms with Gasteiger partial charge in [0.25, 0.3) is 0 Å². The molecule has 0 aliphatic rings. The van der Waals surface area contributed by atoms with E-state index in [9.17, 15) is 4.79 Å². The zero-order chi connectivity index (χ0) is 11.9. The first-order valence-corrected chi connectivity index (χ1v) is 5.65. The van der Waals surface area contributed by atoms with Gasteiger partial charge in [-0.25, -0.2) is 4.79 Å². The second-order valence-electron chi connectivity index (χ2n) is 3.50. The summed E-state index contributed by atoms with van der Waals surface area (Å²) in [7, 11) is 0. The molecule has 0 radical (unpaired) electrons. The second kappa shape index (κ2) is 6.40. The molecule has 1 N–H and O–H groups in total. The summed E-state index contributed by atoms with van der Waals surface area (Å²) in [5, 5.41) is 3.26. The number of anilines is 1.